The standard InChI is InChI=1S/C26H22IN3O5/c1-16-8-9-22(23(10-16)30(32)33)29-26(31)20(14-28)11-18-12-21(27)25(24(13-18)34-3)35-15-19-7-5-4-6-17(19)2/h4-13H,15H2,1-3H3,(H,29,31)/b20-11+. The highest BCUT2D eigenvalue weighted by molar-refractivity contribution is 14.1. The lowest BCUT2D eigenvalue weighted by molar-refractivity contribution is -0.384. The number of nitro benzene ring substituents is 1. The maximum absolute atomic E-state index is 12.7. The van der Waals surface area contributed by atoms with E-state index in [1.54, 1.807) is 25.1 Å². The van der Waals surface area contributed by atoms with E-state index < -0.39 is 10.8 Å². The molecule has 0 fully saturated rings. The topological polar surface area (TPSA) is 114 Å². The number of nitriles is 1. The van der Waals surface area contributed by atoms with Crippen molar-refractivity contribution >= 4 is 45.9 Å². The third-order valence-corrected chi connectivity index (χ3v) is 5.96. The summed E-state index contributed by atoms with van der Waals surface area (Å²) in [5.74, 6) is 0.239. The number of halogens is 1. The summed E-state index contributed by atoms with van der Waals surface area (Å²) in [6.45, 7) is 4.08. The number of ether oxygens (including phenoxy) is 2. The molecule has 9 heteroatoms. The molecule has 0 aliphatic carbocycles. The third-order valence-electron chi connectivity index (χ3n) is 5.16. The first kappa shape index (κ1) is 25.7. The van der Waals surface area contributed by atoms with Crippen molar-refractivity contribution in [3.8, 4) is 17.6 Å². The summed E-state index contributed by atoms with van der Waals surface area (Å²) >= 11 is 2.10. The van der Waals surface area contributed by atoms with Gasteiger partial charge in [0.05, 0.1) is 15.6 Å². The molecule has 0 aliphatic rings. The van der Waals surface area contributed by atoms with Crippen molar-refractivity contribution in [1.29, 1.82) is 5.26 Å². The SMILES string of the molecule is COc1cc(/C=C(\C#N)C(=O)Nc2ccc(C)cc2[N+](=O)[O-])cc(I)c1OCc1ccccc1C. The summed E-state index contributed by atoms with van der Waals surface area (Å²) in [7, 11) is 1.51. The van der Waals surface area contributed by atoms with Crippen LogP contribution in [0.2, 0.25) is 0 Å². The van der Waals surface area contributed by atoms with Gasteiger partial charge >= 0.3 is 0 Å². The van der Waals surface area contributed by atoms with Crippen LogP contribution in [0.4, 0.5) is 11.4 Å². The van der Waals surface area contributed by atoms with Crippen LogP contribution < -0.4 is 14.8 Å². The molecular formula is C26H22IN3O5. The minimum Gasteiger partial charge on any atom is -0.493 e. The van der Waals surface area contributed by atoms with Crippen LogP contribution in [0.1, 0.15) is 22.3 Å². The number of amides is 1. The number of rotatable bonds is 8. The second-order valence-corrected chi connectivity index (χ2v) is 8.81. The fourth-order valence-corrected chi connectivity index (χ4v) is 4.07. The van der Waals surface area contributed by atoms with Crippen molar-refractivity contribution in [3.63, 3.8) is 0 Å². The lowest BCUT2D eigenvalue weighted by Crippen LogP contribution is -2.14. The molecule has 0 atom stereocenters. The van der Waals surface area contributed by atoms with Gasteiger partial charge in [-0.25, -0.2) is 0 Å². The van der Waals surface area contributed by atoms with Crippen molar-refractivity contribution in [1.82, 2.24) is 0 Å². The molecular weight excluding hydrogens is 561 g/mol. The van der Waals surface area contributed by atoms with E-state index in [4.69, 9.17) is 9.47 Å². The van der Waals surface area contributed by atoms with E-state index in [-0.39, 0.29) is 16.9 Å². The Morgan fingerprint density at radius 3 is 2.60 bits per heavy atom. The summed E-state index contributed by atoms with van der Waals surface area (Å²) in [6.07, 6.45) is 1.39. The molecule has 1 N–H and O–H groups in total. The van der Waals surface area contributed by atoms with Crippen LogP contribution in [0, 0.1) is 38.9 Å². The molecule has 0 bridgehead atoms. The quantitative estimate of drug-likeness (QED) is 0.115. The van der Waals surface area contributed by atoms with E-state index in [2.05, 4.69) is 27.9 Å². The number of nitro groups is 1. The molecule has 0 aliphatic heterocycles. The number of carbonyl (C=O) groups is 1. The molecule has 35 heavy (non-hydrogen) atoms. The van der Waals surface area contributed by atoms with E-state index in [1.165, 1.54) is 25.3 Å². The number of carbonyl (C=O) groups excluding carboxylic acids is 1. The van der Waals surface area contributed by atoms with Crippen LogP contribution in [0.3, 0.4) is 0 Å². The molecule has 0 heterocycles. The Morgan fingerprint density at radius 2 is 1.94 bits per heavy atom. The van der Waals surface area contributed by atoms with Gasteiger partial charge in [-0.2, -0.15) is 5.26 Å². The third kappa shape index (κ3) is 6.36. The minimum absolute atomic E-state index is 0.0128. The molecule has 0 saturated carbocycles. The lowest BCUT2D eigenvalue weighted by Gasteiger charge is -2.15. The maximum Gasteiger partial charge on any atom is 0.293 e. The highest BCUT2D eigenvalue weighted by atomic mass is 127. The Kier molecular flexibility index (Phi) is 8.43. The second-order valence-electron chi connectivity index (χ2n) is 7.65. The Morgan fingerprint density at radius 1 is 1.20 bits per heavy atom. The fraction of sp³-hybridized carbons (Fsp3) is 0.154. The predicted octanol–water partition coefficient (Wildman–Crippen LogP) is 5.95. The van der Waals surface area contributed by atoms with Gasteiger partial charge in [0.2, 0.25) is 0 Å². The molecule has 178 valence electrons. The summed E-state index contributed by atoms with van der Waals surface area (Å²) in [4.78, 5) is 23.5. The second kappa shape index (κ2) is 11.5. The van der Waals surface area contributed by atoms with Gasteiger partial charge in [-0.3, -0.25) is 14.9 Å². The van der Waals surface area contributed by atoms with Gasteiger partial charge in [0.15, 0.2) is 11.5 Å². The zero-order valence-electron chi connectivity index (χ0n) is 19.3. The van der Waals surface area contributed by atoms with Crippen LogP contribution in [0.5, 0.6) is 11.5 Å². The lowest BCUT2D eigenvalue weighted by atomic mass is 10.1. The average Bonchev–Trinajstić information content (AvgIpc) is 2.83. The molecule has 3 aromatic rings. The van der Waals surface area contributed by atoms with Gasteiger partial charge in [-0.1, -0.05) is 30.3 Å². The van der Waals surface area contributed by atoms with E-state index in [9.17, 15) is 20.2 Å². The van der Waals surface area contributed by atoms with Gasteiger partial charge in [0.1, 0.15) is 23.9 Å². The first-order valence-electron chi connectivity index (χ1n) is 10.5. The van der Waals surface area contributed by atoms with Crippen LogP contribution in [0.15, 0.2) is 60.2 Å². The average molecular weight is 583 g/mol. The van der Waals surface area contributed by atoms with Gasteiger partial charge < -0.3 is 14.8 Å². The number of methoxy groups -OCH3 is 1. The largest absolute Gasteiger partial charge is 0.493 e. The van der Waals surface area contributed by atoms with Crippen molar-refractivity contribution < 1.29 is 19.2 Å². The van der Waals surface area contributed by atoms with Crippen LogP contribution in [0.25, 0.3) is 6.08 Å². The number of aryl methyl sites for hydroxylation is 2. The number of nitrogens with one attached hydrogen (secondary N) is 1. The van der Waals surface area contributed by atoms with Gasteiger partial charge in [-0.05, 0) is 83.0 Å². The summed E-state index contributed by atoms with van der Waals surface area (Å²) < 4.78 is 12.2. The number of hydrogen-bond donors (Lipinski definition) is 1. The van der Waals surface area contributed by atoms with Crippen molar-refractivity contribution in [3.05, 3.63) is 96.1 Å². The molecule has 0 saturated heterocycles. The number of benzene rings is 3. The fourth-order valence-electron chi connectivity index (χ4n) is 3.29. The van der Waals surface area contributed by atoms with Gasteiger partial charge in [-0.15, -0.1) is 0 Å². The van der Waals surface area contributed by atoms with Gasteiger partial charge in [0.25, 0.3) is 11.6 Å². The maximum atomic E-state index is 12.7. The first-order valence-corrected chi connectivity index (χ1v) is 11.5. The van der Waals surface area contributed by atoms with Crippen LogP contribution >= 0.6 is 22.6 Å². The van der Waals surface area contributed by atoms with Crippen molar-refractivity contribution in [2.75, 3.05) is 12.4 Å². The zero-order chi connectivity index (χ0) is 25.5. The molecule has 0 aromatic heterocycles. The molecule has 1 amide bonds. The minimum atomic E-state index is -0.756. The predicted molar refractivity (Wildman–Crippen MR) is 141 cm³/mol. The van der Waals surface area contributed by atoms with Crippen LogP contribution in [-0.2, 0) is 11.4 Å². The number of anilines is 1. The highest BCUT2D eigenvalue weighted by Gasteiger charge is 2.19. The Labute approximate surface area is 216 Å². The number of nitrogens with zero attached hydrogens (tertiary/aromatic N) is 2. The number of hydrogen-bond acceptors (Lipinski definition) is 6. The summed E-state index contributed by atoms with van der Waals surface area (Å²) in [6, 6.07) is 17.6. The van der Waals surface area contributed by atoms with E-state index in [1.807, 2.05) is 37.3 Å². The van der Waals surface area contributed by atoms with E-state index in [0.29, 0.717) is 29.2 Å². The molecule has 0 radical (unpaired) electrons. The highest BCUT2D eigenvalue weighted by Crippen LogP contribution is 2.35. The molecule has 8 nitrogen and oxygen atoms in total. The normalized spacial score (nSPS) is 10.9. The van der Waals surface area contributed by atoms with Crippen LogP contribution in [-0.4, -0.2) is 17.9 Å². The Hall–Kier alpha value is -3.91. The monoisotopic (exact) mass is 583 g/mol. The Bertz CT molecular complexity index is 1360. The summed E-state index contributed by atoms with van der Waals surface area (Å²) in [5, 5.41) is 23.4. The van der Waals surface area contributed by atoms with E-state index in [0.717, 1.165) is 14.7 Å². The molecule has 0 spiro atoms. The smallest absolute Gasteiger partial charge is 0.293 e. The molecule has 0 unspecified atom stereocenters. The first-order chi connectivity index (χ1) is 16.7. The van der Waals surface area contributed by atoms with E-state index >= 15 is 0 Å². The van der Waals surface area contributed by atoms with Crippen molar-refractivity contribution in [2.24, 2.45) is 0 Å². The van der Waals surface area contributed by atoms with Gasteiger partial charge in [0, 0.05) is 6.07 Å². The van der Waals surface area contributed by atoms with Crippen molar-refractivity contribution in [2.45, 2.75) is 20.5 Å². The Balaban J connectivity index is 1.86. The zero-order valence-corrected chi connectivity index (χ0v) is 21.5. The summed E-state index contributed by atoms with van der Waals surface area (Å²) in [5.41, 5.74) is 2.92. The molecule has 3 aromatic carbocycles. The molecule has 3 rings (SSSR count).